The van der Waals surface area contributed by atoms with Gasteiger partial charge in [0.05, 0.1) is 32.1 Å². The van der Waals surface area contributed by atoms with Crippen LogP contribution in [-0.4, -0.2) is 5.91 Å². The van der Waals surface area contributed by atoms with E-state index in [4.69, 9.17) is 40.5 Å². The number of amides is 1. The van der Waals surface area contributed by atoms with Crippen LogP contribution in [0.5, 0.6) is 0 Å². The van der Waals surface area contributed by atoms with E-state index in [9.17, 15) is 4.79 Å². The number of halogens is 3. The molecule has 0 fully saturated rings. The molecule has 0 atom stereocenters. The number of rotatable bonds is 2. The van der Waals surface area contributed by atoms with Crippen molar-refractivity contribution in [2.45, 2.75) is 0 Å². The van der Waals surface area contributed by atoms with Crippen molar-refractivity contribution in [2.24, 2.45) is 5.73 Å². The zero-order valence-electron chi connectivity index (χ0n) is 11.1. The first-order valence-corrected chi connectivity index (χ1v) is 7.43. The van der Waals surface area contributed by atoms with Crippen molar-refractivity contribution in [2.75, 3.05) is 10.6 Å². The van der Waals surface area contributed by atoms with Gasteiger partial charge >= 0.3 is 0 Å². The molecule has 2 aromatic carbocycles. The van der Waals surface area contributed by atoms with Crippen molar-refractivity contribution in [3.05, 3.63) is 62.7 Å². The third-order valence-electron chi connectivity index (χ3n) is 3.23. The number of anilines is 2. The second kappa shape index (κ2) is 5.72. The number of carbonyl (C=O) groups excluding carboxylic acids is 1. The van der Waals surface area contributed by atoms with Gasteiger partial charge in [-0.15, -0.1) is 0 Å². The molecule has 0 unspecified atom stereocenters. The summed E-state index contributed by atoms with van der Waals surface area (Å²) in [4.78, 5) is 11.8. The summed E-state index contributed by atoms with van der Waals surface area (Å²) in [5.41, 5.74) is 8.09. The summed E-state index contributed by atoms with van der Waals surface area (Å²) in [6.07, 6.45) is 0. The fourth-order valence-corrected chi connectivity index (χ4v) is 2.86. The third kappa shape index (κ3) is 2.50. The van der Waals surface area contributed by atoms with Crippen molar-refractivity contribution in [1.82, 2.24) is 0 Å². The van der Waals surface area contributed by atoms with E-state index in [0.29, 0.717) is 17.1 Å². The van der Waals surface area contributed by atoms with Crippen molar-refractivity contribution >= 4 is 57.8 Å². The molecule has 0 saturated carbocycles. The highest BCUT2D eigenvalue weighted by molar-refractivity contribution is 6.50. The van der Waals surface area contributed by atoms with Gasteiger partial charge in [-0.3, -0.25) is 4.79 Å². The number of hydrogen-bond acceptors (Lipinski definition) is 3. The van der Waals surface area contributed by atoms with E-state index < -0.39 is 5.91 Å². The molecule has 7 heteroatoms. The van der Waals surface area contributed by atoms with Gasteiger partial charge in [0.2, 0.25) is 0 Å². The summed E-state index contributed by atoms with van der Waals surface area (Å²) in [5.74, 6) is -0.598. The van der Waals surface area contributed by atoms with Gasteiger partial charge in [-0.1, -0.05) is 65.1 Å². The molecular formula is C15H10Cl3N3O. The second-order valence-corrected chi connectivity index (χ2v) is 5.80. The van der Waals surface area contributed by atoms with E-state index in [1.807, 2.05) is 30.3 Å². The fourth-order valence-electron chi connectivity index (χ4n) is 2.21. The maximum atomic E-state index is 11.8. The van der Waals surface area contributed by atoms with E-state index >= 15 is 0 Å². The topological polar surface area (TPSA) is 67.2 Å². The molecule has 1 heterocycles. The Morgan fingerprint density at radius 2 is 1.68 bits per heavy atom. The predicted molar refractivity (Wildman–Crippen MR) is 91.3 cm³/mol. The Morgan fingerprint density at radius 3 is 2.32 bits per heavy atom. The molecule has 0 radical (unpaired) electrons. The van der Waals surface area contributed by atoms with Gasteiger partial charge in [0, 0.05) is 5.56 Å². The average Bonchev–Trinajstić information content (AvgIpc) is 2.52. The molecule has 1 aliphatic rings. The predicted octanol–water partition coefficient (Wildman–Crippen LogP) is 4.34. The highest BCUT2D eigenvalue weighted by Crippen LogP contribution is 2.45. The smallest absolute Gasteiger partial charge is 0.267 e. The number of nitrogens with two attached hydrogens (primary N) is 1. The van der Waals surface area contributed by atoms with Gasteiger partial charge in [-0.2, -0.15) is 0 Å². The Morgan fingerprint density at radius 1 is 1.00 bits per heavy atom. The van der Waals surface area contributed by atoms with Gasteiger partial charge in [0.1, 0.15) is 5.70 Å². The van der Waals surface area contributed by atoms with Gasteiger partial charge in [0.15, 0.2) is 0 Å². The molecule has 112 valence electrons. The molecule has 2 aromatic rings. The zero-order chi connectivity index (χ0) is 15.9. The third-order valence-corrected chi connectivity index (χ3v) is 4.49. The van der Waals surface area contributed by atoms with Crippen molar-refractivity contribution in [3.63, 3.8) is 0 Å². The summed E-state index contributed by atoms with van der Waals surface area (Å²) in [6, 6.07) is 10.9. The molecule has 0 saturated heterocycles. The summed E-state index contributed by atoms with van der Waals surface area (Å²) in [6.45, 7) is 0. The molecule has 0 aromatic heterocycles. The largest absolute Gasteiger partial charge is 0.364 e. The first kappa shape index (κ1) is 15.0. The molecule has 1 amide bonds. The van der Waals surface area contributed by atoms with E-state index in [0.717, 1.165) is 5.56 Å². The lowest BCUT2D eigenvalue weighted by atomic mass is 10.1. The van der Waals surface area contributed by atoms with E-state index in [-0.39, 0.29) is 20.8 Å². The average molecular weight is 355 g/mol. The number of benzene rings is 2. The summed E-state index contributed by atoms with van der Waals surface area (Å²) < 4.78 is 0. The minimum Gasteiger partial charge on any atom is -0.364 e. The van der Waals surface area contributed by atoms with Gasteiger partial charge in [-0.25, -0.2) is 0 Å². The van der Waals surface area contributed by atoms with E-state index in [2.05, 4.69) is 10.6 Å². The van der Waals surface area contributed by atoms with Crippen molar-refractivity contribution in [3.8, 4) is 0 Å². The Kier molecular flexibility index (Phi) is 3.91. The molecule has 0 spiro atoms. The minimum absolute atomic E-state index is 0.230. The maximum absolute atomic E-state index is 11.8. The van der Waals surface area contributed by atoms with Crippen molar-refractivity contribution < 1.29 is 4.79 Å². The van der Waals surface area contributed by atoms with Crippen LogP contribution in [-0.2, 0) is 4.79 Å². The Bertz CT molecular complexity index is 803. The van der Waals surface area contributed by atoms with Crippen LogP contribution >= 0.6 is 34.8 Å². The summed E-state index contributed by atoms with van der Waals surface area (Å²) in [7, 11) is 0. The van der Waals surface area contributed by atoms with Crippen molar-refractivity contribution in [1.29, 1.82) is 0 Å². The normalized spacial score (nSPS) is 13.2. The molecular weight excluding hydrogens is 345 g/mol. The van der Waals surface area contributed by atoms with Crippen LogP contribution in [0.3, 0.4) is 0 Å². The minimum atomic E-state index is -0.598. The Hall–Kier alpha value is -1.88. The summed E-state index contributed by atoms with van der Waals surface area (Å²) >= 11 is 18.3. The molecule has 4 nitrogen and oxygen atoms in total. The van der Waals surface area contributed by atoms with Crippen LogP contribution in [0.15, 0.2) is 42.1 Å². The number of fused-ring (bicyclic) bond motifs is 1. The lowest BCUT2D eigenvalue weighted by Crippen LogP contribution is -2.27. The number of nitrogens with one attached hydrogen (secondary N) is 2. The maximum Gasteiger partial charge on any atom is 0.267 e. The number of hydrogen-bond donors (Lipinski definition) is 3. The number of primary amides is 1. The van der Waals surface area contributed by atoms with Gasteiger partial charge in [0.25, 0.3) is 5.91 Å². The second-order valence-electron chi connectivity index (χ2n) is 4.64. The fraction of sp³-hybridized carbons (Fsp3) is 0. The van der Waals surface area contributed by atoms with Crippen LogP contribution in [0.4, 0.5) is 11.4 Å². The first-order valence-electron chi connectivity index (χ1n) is 6.30. The van der Waals surface area contributed by atoms with Crippen LogP contribution in [0.25, 0.3) is 5.70 Å². The molecule has 22 heavy (non-hydrogen) atoms. The van der Waals surface area contributed by atoms with E-state index in [1.165, 1.54) is 0 Å². The first-order chi connectivity index (χ1) is 10.5. The highest BCUT2D eigenvalue weighted by Gasteiger charge is 2.25. The standard InChI is InChI=1S/C15H10Cl3N3O/c16-8-6-9-13(11(18)10(8)17)21-12(14(20-9)15(19)22)7-4-2-1-3-5-7/h1-6,20-21H,(H2,19,22). The molecule has 4 N–H and O–H groups in total. The molecule has 1 aliphatic heterocycles. The van der Waals surface area contributed by atoms with Crippen LogP contribution in [0.2, 0.25) is 15.1 Å². The lowest BCUT2D eigenvalue weighted by molar-refractivity contribution is -0.114. The molecule has 0 aliphatic carbocycles. The highest BCUT2D eigenvalue weighted by atomic mass is 35.5. The number of carbonyl (C=O) groups is 1. The van der Waals surface area contributed by atoms with Gasteiger partial charge < -0.3 is 16.4 Å². The monoisotopic (exact) mass is 353 g/mol. The Balaban J connectivity index is 2.18. The quantitative estimate of drug-likeness (QED) is 0.703. The van der Waals surface area contributed by atoms with Crippen LogP contribution < -0.4 is 16.4 Å². The lowest BCUT2D eigenvalue weighted by Gasteiger charge is -2.26. The van der Waals surface area contributed by atoms with Crippen LogP contribution in [0, 0.1) is 0 Å². The van der Waals surface area contributed by atoms with Crippen LogP contribution in [0.1, 0.15) is 5.56 Å². The Labute approximate surface area is 141 Å². The van der Waals surface area contributed by atoms with Gasteiger partial charge in [-0.05, 0) is 6.07 Å². The molecule has 3 rings (SSSR count). The summed E-state index contributed by atoms with van der Waals surface area (Å²) in [5, 5.41) is 6.89. The van der Waals surface area contributed by atoms with E-state index in [1.54, 1.807) is 6.07 Å². The molecule has 0 bridgehead atoms. The SMILES string of the molecule is NC(=O)C1=C(c2ccccc2)Nc2c(cc(Cl)c(Cl)c2Cl)N1. The zero-order valence-corrected chi connectivity index (χ0v) is 13.4.